The number of pyridine rings is 1. The van der Waals surface area contributed by atoms with E-state index in [1.807, 2.05) is 35.1 Å². The lowest BCUT2D eigenvalue weighted by Gasteiger charge is -2.11. The Bertz CT molecular complexity index is 1890. The molecule has 0 fully saturated rings. The Balaban J connectivity index is 1.28. The van der Waals surface area contributed by atoms with Crippen LogP contribution in [0.5, 0.6) is 0 Å². The highest BCUT2D eigenvalue weighted by Gasteiger charge is 2.24. The molecule has 42 heavy (non-hydrogen) atoms. The number of hydrogen-bond acceptors (Lipinski definition) is 8. The molecule has 0 unspecified atom stereocenters. The zero-order chi connectivity index (χ0) is 29.7. The Morgan fingerprint density at radius 2 is 1.71 bits per heavy atom. The summed E-state index contributed by atoms with van der Waals surface area (Å²) in [6, 6.07) is 25.3. The molecule has 0 atom stereocenters. The van der Waals surface area contributed by atoms with Gasteiger partial charge in [0, 0.05) is 46.0 Å². The number of fused-ring (bicyclic) bond motifs is 1. The number of hydrogen-bond donors (Lipinski definition) is 2. The third-order valence-corrected chi connectivity index (χ3v) is 8.65. The van der Waals surface area contributed by atoms with E-state index in [-0.39, 0.29) is 11.3 Å². The van der Waals surface area contributed by atoms with E-state index in [2.05, 4.69) is 10.3 Å². The molecule has 4 aromatic carbocycles. The molecular formula is C30H23FN4O5S2. The first-order chi connectivity index (χ1) is 20.2. The van der Waals surface area contributed by atoms with Crippen molar-refractivity contribution in [2.45, 2.75) is 9.79 Å². The summed E-state index contributed by atoms with van der Waals surface area (Å²) in [6.45, 7) is 0.406. The summed E-state index contributed by atoms with van der Waals surface area (Å²) < 4.78 is 42.1. The molecule has 1 aromatic heterocycles. The molecular weight excluding hydrogens is 579 g/mol. The minimum Gasteiger partial charge on any atom is -0.379 e. The highest BCUT2D eigenvalue weighted by molar-refractivity contribution is 7.99. The molecule has 0 saturated heterocycles. The molecule has 0 aliphatic carbocycles. The van der Waals surface area contributed by atoms with Gasteiger partial charge in [-0.2, -0.15) is 0 Å². The summed E-state index contributed by atoms with van der Waals surface area (Å²) in [5, 5.41) is 15.0. The minimum atomic E-state index is -4.43. The number of anilines is 1. The number of sulfonamides is 1. The van der Waals surface area contributed by atoms with Crippen molar-refractivity contribution < 1.29 is 22.5 Å². The van der Waals surface area contributed by atoms with Crippen molar-refractivity contribution in [1.82, 2.24) is 9.71 Å². The number of carbonyl (C=O) groups excluding carboxylic acids is 1. The second-order valence-electron chi connectivity index (χ2n) is 9.03. The zero-order valence-electron chi connectivity index (χ0n) is 21.9. The number of nitrogens with one attached hydrogen (secondary N) is 2. The summed E-state index contributed by atoms with van der Waals surface area (Å²) in [4.78, 5) is 28.7. The largest absolute Gasteiger partial charge is 0.379 e. The van der Waals surface area contributed by atoms with Crippen molar-refractivity contribution in [2.24, 2.45) is 0 Å². The lowest BCUT2D eigenvalue weighted by Crippen LogP contribution is -2.30. The van der Waals surface area contributed by atoms with Crippen molar-refractivity contribution in [3.05, 3.63) is 125 Å². The Morgan fingerprint density at radius 3 is 2.45 bits per heavy atom. The minimum absolute atomic E-state index is 0.0467. The fourth-order valence-electron chi connectivity index (χ4n) is 4.26. The summed E-state index contributed by atoms with van der Waals surface area (Å²) in [5.41, 5.74) is 1.53. The van der Waals surface area contributed by atoms with Crippen LogP contribution in [-0.4, -0.2) is 36.5 Å². The van der Waals surface area contributed by atoms with Crippen LogP contribution in [-0.2, 0) is 10.0 Å². The van der Waals surface area contributed by atoms with Gasteiger partial charge >= 0.3 is 0 Å². The number of carbonyl (C=O) groups is 1. The number of thioether (sulfide) groups is 1. The normalized spacial score (nSPS) is 11.3. The summed E-state index contributed by atoms with van der Waals surface area (Å²) >= 11 is 1.57. The molecule has 0 aliphatic rings. The lowest BCUT2D eigenvalue weighted by atomic mass is 10.0. The molecule has 5 rings (SSSR count). The van der Waals surface area contributed by atoms with Gasteiger partial charge in [0.1, 0.15) is 11.5 Å². The van der Waals surface area contributed by atoms with Gasteiger partial charge < -0.3 is 5.32 Å². The van der Waals surface area contributed by atoms with Crippen molar-refractivity contribution in [2.75, 3.05) is 17.6 Å². The second kappa shape index (κ2) is 12.4. The summed E-state index contributed by atoms with van der Waals surface area (Å²) in [7, 11) is -4.43. The third kappa shape index (κ3) is 6.40. The van der Waals surface area contributed by atoms with Crippen LogP contribution >= 0.6 is 11.8 Å². The maximum absolute atomic E-state index is 14.2. The number of benzene rings is 4. The number of amides is 1. The molecule has 212 valence electrons. The molecule has 9 nitrogen and oxygen atoms in total. The maximum Gasteiger partial charge on any atom is 0.293 e. The first kappa shape index (κ1) is 28.7. The van der Waals surface area contributed by atoms with Gasteiger partial charge in [0.05, 0.1) is 15.3 Å². The molecule has 5 aromatic rings. The standard InChI is InChI=1S/C30H23FN4O5S2/c31-26-14-13-24(29-25(26)7-4-16-33-29)20-8-10-21(11-9-20)30(36)34-42(39,40)23-12-15-27(28(19-23)35(37)38)32-17-18-41-22-5-2-1-3-6-22/h1-16,19,32H,17-18H2,(H,34,36). The molecule has 0 saturated carbocycles. The predicted octanol–water partition coefficient (Wildman–Crippen LogP) is 6.27. The molecule has 0 spiro atoms. The van der Waals surface area contributed by atoms with Crippen LogP contribution in [0.1, 0.15) is 10.4 Å². The first-order valence-electron chi connectivity index (χ1n) is 12.6. The smallest absolute Gasteiger partial charge is 0.293 e. The second-order valence-corrected chi connectivity index (χ2v) is 11.9. The van der Waals surface area contributed by atoms with Crippen LogP contribution in [0.15, 0.2) is 113 Å². The van der Waals surface area contributed by atoms with E-state index in [1.165, 1.54) is 30.3 Å². The average Bonchev–Trinajstić information content (AvgIpc) is 3.00. The Labute approximate surface area is 245 Å². The lowest BCUT2D eigenvalue weighted by molar-refractivity contribution is -0.384. The highest BCUT2D eigenvalue weighted by atomic mass is 32.2. The van der Waals surface area contributed by atoms with Gasteiger partial charge in [-0.25, -0.2) is 17.5 Å². The van der Waals surface area contributed by atoms with Gasteiger partial charge in [0.25, 0.3) is 21.6 Å². The van der Waals surface area contributed by atoms with Crippen LogP contribution in [0, 0.1) is 15.9 Å². The molecule has 12 heteroatoms. The number of nitro groups is 1. The number of nitrogens with zero attached hydrogens (tertiary/aromatic N) is 2. The van der Waals surface area contributed by atoms with E-state index < -0.39 is 37.3 Å². The number of aromatic nitrogens is 1. The van der Waals surface area contributed by atoms with Gasteiger partial charge in [-0.15, -0.1) is 11.8 Å². The van der Waals surface area contributed by atoms with E-state index in [4.69, 9.17) is 0 Å². The summed E-state index contributed by atoms with van der Waals surface area (Å²) in [5.74, 6) is -0.690. The fraction of sp³-hybridized carbons (Fsp3) is 0.0667. The van der Waals surface area contributed by atoms with Crippen molar-refractivity contribution in [3.63, 3.8) is 0 Å². The van der Waals surface area contributed by atoms with Gasteiger partial charge in [-0.05, 0) is 66.2 Å². The number of rotatable bonds is 10. The van der Waals surface area contributed by atoms with Gasteiger partial charge in [0.15, 0.2) is 0 Å². The Morgan fingerprint density at radius 1 is 0.952 bits per heavy atom. The van der Waals surface area contributed by atoms with E-state index in [0.29, 0.717) is 34.3 Å². The third-order valence-electron chi connectivity index (χ3n) is 6.31. The first-order valence-corrected chi connectivity index (χ1v) is 15.1. The number of nitro benzene ring substituents is 1. The quantitative estimate of drug-likeness (QED) is 0.0828. The highest BCUT2D eigenvalue weighted by Crippen LogP contribution is 2.30. The van der Waals surface area contributed by atoms with Crippen LogP contribution in [0.3, 0.4) is 0 Å². The molecule has 0 aliphatic heterocycles. The Kier molecular flexibility index (Phi) is 8.46. The molecule has 0 radical (unpaired) electrons. The fourth-order valence-corrected chi connectivity index (χ4v) is 6.05. The van der Waals surface area contributed by atoms with Crippen LogP contribution in [0.2, 0.25) is 0 Å². The van der Waals surface area contributed by atoms with E-state index in [9.17, 15) is 27.7 Å². The Hall–Kier alpha value is -4.81. The van der Waals surface area contributed by atoms with Crippen molar-refractivity contribution in [1.29, 1.82) is 0 Å². The van der Waals surface area contributed by atoms with Crippen LogP contribution in [0.25, 0.3) is 22.0 Å². The van der Waals surface area contributed by atoms with Gasteiger partial charge in [-0.1, -0.05) is 30.3 Å². The van der Waals surface area contributed by atoms with Gasteiger partial charge in [0.2, 0.25) is 0 Å². The average molecular weight is 603 g/mol. The summed E-state index contributed by atoms with van der Waals surface area (Å²) in [6.07, 6.45) is 1.55. The van der Waals surface area contributed by atoms with Crippen molar-refractivity contribution in [3.8, 4) is 11.1 Å². The number of halogens is 1. The monoisotopic (exact) mass is 602 g/mol. The van der Waals surface area contributed by atoms with Crippen molar-refractivity contribution >= 4 is 50.0 Å². The van der Waals surface area contributed by atoms with E-state index in [1.54, 1.807) is 48.3 Å². The topological polar surface area (TPSA) is 131 Å². The SMILES string of the molecule is O=C(NS(=O)(=O)c1ccc(NCCSc2ccccc2)c([N+](=O)[O-])c1)c1ccc(-c2ccc(F)c3cccnc23)cc1. The molecule has 2 N–H and O–H groups in total. The van der Waals surface area contributed by atoms with E-state index in [0.717, 1.165) is 11.0 Å². The van der Waals surface area contributed by atoms with Crippen LogP contribution in [0.4, 0.5) is 15.8 Å². The zero-order valence-corrected chi connectivity index (χ0v) is 23.5. The maximum atomic E-state index is 14.2. The predicted molar refractivity (Wildman–Crippen MR) is 161 cm³/mol. The molecule has 1 amide bonds. The van der Waals surface area contributed by atoms with Gasteiger partial charge in [-0.3, -0.25) is 19.9 Å². The van der Waals surface area contributed by atoms with Crippen LogP contribution < -0.4 is 10.0 Å². The van der Waals surface area contributed by atoms with E-state index >= 15 is 0 Å². The molecule has 0 bridgehead atoms. The molecule has 1 heterocycles.